The molecule has 1 heterocycles. The minimum atomic E-state index is -0.497. The van der Waals surface area contributed by atoms with Crippen molar-refractivity contribution in [3.8, 4) is 11.4 Å². The number of aromatic nitrogens is 2. The number of halogens is 4. The van der Waals surface area contributed by atoms with E-state index in [-0.39, 0.29) is 17.4 Å². The van der Waals surface area contributed by atoms with Crippen LogP contribution in [0.25, 0.3) is 5.69 Å². The summed E-state index contributed by atoms with van der Waals surface area (Å²) in [6.07, 6.45) is 1.38. The second-order valence-corrected chi connectivity index (χ2v) is 6.70. The molecule has 0 bridgehead atoms. The van der Waals surface area contributed by atoms with Gasteiger partial charge in [-0.15, -0.1) is 0 Å². The maximum atomic E-state index is 12.4. The molecule has 0 spiro atoms. The van der Waals surface area contributed by atoms with Crippen LogP contribution in [0.2, 0.25) is 20.1 Å². The molecule has 8 heteroatoms. The molecule has 4 nitrogen and oxygen atoms in total. The first kappa shape index (κ1) is 18.1. The highest BCUT2D eigenvalue weighted by atomic mass is 35.5. The monoisotopic (exact) mass is 414 g/mol. The first-order valence-corrected chi connectivity index (χ1v) is 8.57. The third-order valence-electron chi connectivity index (χ3n) is 3.36. The molecular formula is C17H10Cl4N2O2. The van der Waals surface area contributed by atoms with Crippen LogP contribution in [0.3, 0.4) is 0 Å². The molecule has 25 heavy (non-hydrogen) atoms. The van der Waals surface area contributed by atoms with Crippen LogP contribution in [0.4, 0.5) is 0 Å². The highest BCUT2D eigenvalue weighted by Crippen LogP contribution is 2.25. The maximum absolute atomic E-state index is 12.4. The van der Waals surface area contributed by atoms with Crippen molar-refractivity contribution >= 4 is 46.4 Å². The van der Waals surface area contributed by atoms with E-state index in [4.69, 9.17) is 51.1 Å². The van der Waals surface area contributed by atoms with E-state index >= 15 is 0 Å². The summed E-state index contributed by atoms with van der Waals surface area (Å²) < 4.78 is 6.75. The number of nitrogens with zero attached hydrogens (tertiary/aromatic N) is 2. The van der Waals surface area contributed by atoms with E-state index in [1.807, 2.05) is 0 Å². The van der Waals surface area contributed by atoms with E-state index in [0.717, 1.165) is 0 Å². The molecule has 0 aliphatic carbocycles. The van der Waals surface area contributed by atoms with Crippen LogP contribution in [0.5, 0.6) is 5.75 Å². The normalized spacial score (nSPS) is 10.7. The average Bonchev–Trinajstić information content (AvgIpc) is 2.59. The van der Waals surface area contributed by atoms with Gasteiger partial charge in [-0.2, -0.15) is 9.78 Å². The topological polar surface area (TPSA) is 44.1 Å². The molecule has 0 aliphatic rings. The SMILES string of the molecule is O=c1c(Cl)c(OCc2ccc(Cl)cc2Cl)cnn1-c1ccc(Cl)cc1. The second-order valence-electron chi connectivity index (χ2n) is 5.04. The Balaban J connectivity index is 1.85. The summed E-state index contributed by atoms with van der Waals surface area (Å²) in [5, 5.41) is 5.56. The quantitative estimate of drug-likeness (QED) is 0.570. The Bertz CT molecular complexity index is 971. The lowest BCUT2D eigenvalue weighted by Gasteiger charge is -2.11. The van der Waals surface area contributed by atoms with E-state index in [0.29, 0.717) is 26.3 Å². The zero-order valence-corrected chi connectivity index (χ0v) is 15.6. The minimum absolute atomic E-state index is 0.0740. The van der Waals surface area contributed by atoms with Gasteiger partial charge in [0.15, 0.2) is 10.8 Å². The largest absolute Gasteiger partial charge is 0.485 e. The zero-order valence-electron chi connectivity index (χ0n) is 12.5. The number of hydrogen-bond acceptors (Lipinski definition) is 3. The molecule has 1 aromatic heterocycles. The maximum Gasteiger partial charge on any atom is 0.294 e. The molecule has 0 saturated heterocycles. The van der Waals surface area contributed by atoms with Gasteiger partial charge >= 0.3 is 0 Å². The molecule has 0 aliphatic heterocycles. The van der Waals surface area contributed by atoms with E-state index in [9.17, 15) is 4.79 Å². The van der Waals surface area contributed by atoms with Crippen LogP contribution in [-0.4, -0.2) is 9.78 Å². The summed E-state index contributed by atoms with van der Waals surface area (Å²) in [6, 6.07) is 11.7. The predicted octanol–water partition coefficient (Wildman–Crippen LogP) is 5.43. The van der Waals surface area contributed by atoms with Crippen molar-refractivity contribution in [3.05, 3.63) is 84.7 Å². The van der Waals surface area contributed by atoms with E-state index in [1.54, 1.807) is 42.5 Å². The van der Waals surface area contributed by atoms with Gasteiger partial charge in [0.05, 0.1) is 11.9 Å². The van der Waals surface area contributed by atoms with E-state index in [2.05, 4.69) is 5.10 Å². The van der Waals surface area contributed by atoms with Crippen molar-refractivity contribution in [1.29, 1.82) is 0 Å². The standard InChI is InChI=1S/C17H10Cl4N2O2/c18-11-3-5-13(6-4-11)23-17(24)16(21)15(8-22-23)25-9-10-1-2-12(19)7-14(10)20/h1-8H,9H2. The number of rotatable bonds is 4. The Kier molecular flexibility index (Phi) is 5.54. The molecule has 0 radical (unpaired) electrons. The summed E-state index contributed by atoms with van der Waals surface area (Å²) in [5.74, 6) is 0.169. The van der Waals surface area contributed by atoms with Gasteiger partial charge in [-0.3, -0.25) is 4.79 Å². The van der Waals surface area contributed by atoms with Crippen LogP contribution in [0.1, 0.15) is 5.56 Å². The molecule has 0 atom stereocenters. The molecule has 2 aromatic carbocycles. The molecule has 0 unspecified atom stereocenters. The summed E-state index contributed by atoms with van der Waals surface area (Å²) in [4.78, 5) is 12.4. The molecule has 0 saturated carbocycles. The summed E-state index contributed by atoms with van der Waals surface area (Å²) in [7, 11) is 0. The third-order valence-corrected chi connectivity index (χ3v) is 4.54. The van der Waals surface area contributed by atoms with Crippen LogP contribution < -0.4 is 10.3 Å². The van der Waals surface area contributed by atoms with E-state index < -0.39 is 5.56 Å². The fraction of sp³-hybridized carbons (Fsp3) is 0.0588. The Hall–Kier alpha value is -1.72. The Morgan fingerprint density at radius 3 is 2.32 bits per heavy atom. The number of benzene rings is 2. The van der Waals surface area contributed by atoms with E-state index in [1.165, 1.54) is 10.9 Å². The van der Waals surface area contributed by atoms with Crippen molar-refractivity contribution < 1.29 is 4.74 Å². The van der Waals surface area contributed by atoms with Crippen LogP contribution in [0, 0.1) is 0 Å². The van der Waals surface area contributed by atoms with Crippen LogP contribution in [0.15, 0.2) is 53.5 Å². The zero-order chi connectivity index (χ0) is 18.0. The smallest absolute Gasteiger partial charge is 0.294 e. The summed E-state index contributed by atoms with van der Waals surface area (Å²) in [5.41, 5.74) is 0.760. The number of ether oxygens (including phenoxy) is 1. The molecule has 3 aromatic rings. The van der Waals surface area contributed by atoms with Gasteiger partial charge in [0.2, 0.25) is 0 Å². The second kappa shape index (κ2) is 7.67. The van der Waals surface area contributed by atoms with Crippen molar-refractivity contribution in [1.82, 2.24) is 9.78 Å². The highest BCUT2D eigenvalue weighted by molar-refractivity contribution is 6.35. The first-order valence-electron chi connectivity index (χ1n) is 7.06. The summed E-state index contributed by atoms with van der Waals surface area (Å²) >= 11 is 23.9. The Morgan fingerprint density at radius 1 is 0.960 bits per heavy atom. The van der Waals surface area contributed by atoms with Gasteiger partial charge in [-0.25, -0.2) is 0 Å². The van der Waals surface area contributed by atoms with Gasteiger partial charge in [-0.05, 0) is 36.4 Å². The molecule has 128 valence electrons. The fourth-order valence-electron chi connectivity index (χ4n) is 2.08. The first-order chi connectivity index (χ1) is 12.0. The van der Waals surface area contributed by atoms with Gasteiger partial charge < -0.3 is 4.74 Å². The van der Waals surface area contributed by atoms with Crippen molar-refractivity contribution in [2.45, 2.75) is 6.61 Å². The predicted molar refractivity (Wildman–Crippen MR) is 101 cm³/mol. The third kappa shape index (κ3) is 4.10. The highest BCUT2D eigenvalue weighted by Gasteiger charge is 2.13. The minimum Gasteiger partial charge on any atom is -0.485 e. The fourth-order valence-corrected chi connectivity index (χ4v) is 2.85. The van der Waals surface area contributed by atoms with Gasteiger partial charge in [0.25, 0.3) is 5.56 Å². The van der Waals surface area contributed by atoms with Crippen molar-refractivity contribution in [2.24, 2.45) is 0 Å². The molecule has 0 amide bonds. The summed E-state index contributed by atoms with van der Waals surface area (Å²) in [6.45, 7) is 0.127. The van der Waals surface area contributed by atoms with Crippen LogP contribution >= 0.6 is 46.4 Å². The number of hydrogen-bond donors (Lipinski definition) is 0. The Morgan fingerprint density at radius 2 is 1.64 bits per heavy atom. The molecule has 0 N–H and O–H groups in total. The molecule has 0 fully saturated rings. The lowest BCUT2D eigenvalue weighted by molar-refractivity contribution is 0.303. The molecular weight excluding hydrogens is 406 g/mol. The Labute approximate surface area is 163 Å². The van der Waals surface area contributed by atoms with Crippen molar-refractivity contribution in [3.63, 3.8) is 0 Å². The van der Waals surface area contributed by atoms with Crippen LogP contribution in [-0.2, 0) is 6.61 Å². The van der Waals surface area contributed by atoms with Gasteiger partial charge in [0.1, 0.15) is 6.61 Å². The average molecular weight is 416 g/mol. The van der Waals surface area contributed by atoms with Gasteiger partial charge in [-0.1, -0.05) is 52.5 Å². The van der Waals surface area contributed by atoms with Crippen molar-refractivity contribution in [2.75, 3.05) is 0 Å². The van der Waals surface area contributed by atoms with Gasteiger partial charge in [0, 0.05) is 20.6 Å². The lowest BCUT2D eigenvalue weighted by Crippen LogP contribution is -2.22. The molecule has 3 rings (SSSR count). The lowest BCUT2D eigenvalue weighted by atomic mass is 10.2.